The molecule has 31 heavy (non-hydrogen) atoms. The number of aldehydes is 1. The number of methoxy groups -OCH3 is 1. The second-order valence-corrected chi connectivity index (χ2v) is 7.72. The normalized spacial score (nSPS) is 14.6. The maximum atomic E-state index is 11.3. The van der Waals surface area contributed by atoms with Crippen LogP contribution in [-0.2, 0) is 11.3 Å². The third kappa shape index (κ3) is 5.03. The third-order valence-corrected chi connectivity index (χ3v) is 5.55. The maximum Gasteiger partial charge on any atom is 0.204 e. The molecule has 4 rings (SSSR count). The van der Waals surface area contributed by atoms with Crippen LogP contribution in [0.25, 0.3) is 11.0 Å². The second kappa shape index (κ2) is 9.89. The van der Waals surface area contributed by atoms with Crippen molar-refractivity contribution in [2.45, 2.75) is 19.9 Å². The first-order valence-corrected chi connectivity index (χ1v) is 10.7. The predicted molar refractivity (Wildman–Crippen MR) is 120 cm³/mol. The van der Waals surface area contributed by atoms with E-state index in [2.05, 4.69) is 19.8 Å². The van der Waals surface area contributed by atoms with Crippen molar-refractivity contribution in [3.63, 3.8) is 0 Å². The highest BCUT2D eigenvalue weighted by molar-refractivity contribution is 5.86. The number of anilines is 1. The molecule has 1 aliphatic rings. The molecular weight excluding hydrogens is 394 g/mol. The molecule has 3 heterocycles. The van der Waals surface area contributed by atoms with E-state index in [0.717, 1.165) is 86.2 Å². The van der Waals surface area contributed by atoms with Crippen LogP contribution >= 0.6 is 0 Å². The van der Waals surface area contributed by atoms with Gasteiger partial charge in [0, 0.05) is 30.9 Å². The molecule has 2 aromatic heterocycles. The highest BCUT2D eigenvalue weighted by Gasteiger charge is 2.15. The first-order chi connectivity index (χ1) is 15.2. The van der Waals surface area contributed by atoms with Crippen molar-refractivity contribution in [2.75, 3.05) is 51.8 Å². The van der Waals surface area contributed by atoms with Gasteiger partial charge in [-0.05, 0) is 50.2 Å². The monoisotopic (exact) mass is 423 g/mol. The van der Waals surface area contributed by atoms with Crippen LogP contribution in [0.4, 0.5) is 5.95 Å². The lowest BCUT2D eigenvalue weighted by Crippen LogP contribution is -2.37. The summed E-state index contributed by atoms with van der Waals surface area (Å²) in [4.78, 5) is 23.2. The zero-order valence-electron chi connectivity index (χ0n) is 18.1. The van der Waals surface area contributed by atoms with Gasteiger partial charge in [-0.25, -0.2) is 4.98 Å². The van der Waals surface area contributed by atoms with Crippen LogP contribution in [0.15, 0.2) is 30.3 Å². The van der Waals surface area contributed by atoms with Crippen LogP contribution in [0.3, 0.4) is 0 Å². The molecule has 8 nitrogen and oxygen atoms in total. The molecule has 0 saturated carbocycles. The van der Waals surface area contributed by atoms with Crippen LogP contribution in [0.5, 0.6) is 5.75 Å². The number of hydrogen-bond acceptors (Lipinski definition) is 7. The lowest BCUT2D eigenvalue weighted by atomic mass is 10.2. The second-order valence-electron chi connectivity index (χ2n) is 7.72. The maximum absolute atomic E-state index is 11.3. The van der Waals surface area contributed by atoms with Gasteiger partial charge in [0.25, 0.3) is 0 Å². The topological polar surface area (TPSA) is 81.5 Å². The summed E-state index contributed by atoms with van der Waals surface area (Å²) >= 11 is 0. The number of benzene rings is 1. The zero-order chi connectivity index (χ0) is 21.6. The van der Waals surface area contributed by atoms with E-state index in [1.54, 1.807) is 13.2 Å². The van der Waals surface area contributed by atoms with Crippen molar-refractivity contribution in [3.8, 4) is 5.75 Å². The van der Waals surface area contributed by atoms with Crippen LogP contribution in [0.2, 0.25) is 0 Å². The summed E-state index contributed by atoms with van der Waals surface area (Å²) in [5.74, 6) is 1.50. The van der Waals surface area contributed by atoms with Crippen LogP contribution in [-0.4, -0.2) is 72.2 Å². The Balaban J connectivity index is 1.57. The largest absolute Gasteiger partial charge is 0.495 e. The summed E-state index contributed by atoms with van der Waals surface area (Å²) in [5, 5.41) is 3.49. The fraction of sp³-hybridized carbons (Fsp3) is 0.435. The molecule has 0 atom stereocenters. The van der Waals surface area contributed by atoms with Gasteiger partial charge in [0.2, 0.25) is 5.95 Å². The van der Waals surface area contributed by atoms with Gasteiger partial charge in [0.05, 0.1) is 37.9 Å². The number of imidazole rings is 1. The summed E-state index contributed by atoms with van der Waals surface area (Å²) < 4.78 is 13.0. The minimum absolute atomic E-state index is 0.495. The van der Waals surface area contributed by atoms with Crippen molar-refractivity contribution in [1.82, 2.24) is 19.4 Å². The summed E-state index contributed by atoms with van der Waals surface area (Å²) in [6.07, 6.45) is 1.87. The number of ether oxygens (including phenoxy) is 2. The molecule has 0 unspecified atom stereocenters. The van der Waals surface area contributed by atoms with E-state index in [1.807, 2.05) is 31.2 Å². The lowest BCUT2D eigenvalue weighted by Gasteiger charge is -2.26. The number of rotatable bonds is 9. The molecule has 1 N–H and O–H groups in total. The Kier molecular flexibility index (Phi) is 6.79. The number of morpholine rings is 1. The fourth-order valence-electron chi connectivity index (χ4n) is 3.88. The first kappa shape index (κ1) is 21.3. The number of pyridine rings is 1. The van der Waals surface area contributed by atoms with Crippen LogP contribution < -0.4 is 10.1 Å². The minimum atomic E-state index is 0.495. The smallest absolute Gasteiger partial charge is 0.204 e. The van der Waals surface area contributed by atoms with E-state index in [-0.39, 0.29) is 0 Å². The Labute approximate surface area is 182 Å². The molecule has 1 fully saturated rings. The van der Waals surface area contributed by atoms with Crippen molar-refractivity contribution >= 4 is 23.3 Å². The van der Waals surface area contributed by atoms with E-state index < -0.39 is 0 Å². The number of aromatic nitrogens is 3. The van der Waals surface area contributed by atoms with Crippen molar-refractivity contribution in [2.24, 2.45) is 0 Å². The Bertz CT molecular complexity index is 1040. The van der Waals surface area contributed by atoms with Gasteiger partial charge in [0.1, 0.15) is 17.7 Å². The summed E-state index contributed by atoms with van der Waals surface area (Å²) in [6, 6.07) is 9.42. The molecule has 8 heteroatoms. The summed E-state index contributed by atoms with van der Waals surface area (Å²) in [5.41, 5.74) is 4.11. The number of nitrogens with one attached hydrogen (secondary N) is 1. The van der Waals surface area contributed by atoms with Gasteiger partial charge in [-0.15, -0.1) is 0 Å². The Morgan fingerprint density at radius 3 is 2.81 bits per heavy atom. The van der Waals surface area contributed by atoms with E-state index in [9.17, 15) is 4.79 Å². The van der Waals surface area contributed by atoms with E-state index in [0.29, 0.717) is 12.1 Å². The Morgan fingerprint density at radius 2 is 2.03 bits per heavy atom. The van der Waals surface area contributed by atoms with Gasteiger partial charge in [-0.2, -0.15) is 0 Å². The molecule has 0 radical (unpaired) electrons. The number of fused-ring (bicyclic) bond motifs is 1. The highest BCUT2D eigenvalue weighted by atomic mass is 16.5. The predicted octanol–water partition coefficient (Wildman–Crippen LogP) is 2.74. The average Bonchev–Trinajstić information content (AvgIpc) is 3.14. The number of aryl methyl sites for hydroxylation is 1. The van der Waals surface area contributed by atoms with Crippen LogP contribution in [0.1, 0.15) is 28.2 Å². The van der Waals surface area contributed by atoms with Crippen LogP contribution in [0, 0.1) is 6.92 Å². The molecule has 0 spiro atoms. The number of hydrogen-bond donors (Lipinski definition) is 1. The molecule has 0 aliphatic carbocycles. The zero-order valence-corrected chi connectivity index (χ0v) is 18.1. The summed E-state index contributed by atoms with van der Waals surface area (Å²) in [6.45, 7) is 7.90. The summed E-state index contributed by atoms with van der Waals surface area (Å²) in [7, 11) is 1.65. The van der Waals surface area contributed by atoms with Gasteiger partial charge >= 0.3 is 0 Å². The van der Waals surface area contributed by atoms with Gasteiger partial charge < -0.3 is 19.4 Å². The van der Waals surface area contributed by atoms with E-state index in [4.69, 9.17) is 14.5 Å². The SMILES string of the molecule is COc1ccc(C)nc1Cn1c(NCCCN2CCOCC2)nc2ccc(C=O)cc21. The molecule has 1 aromatic carbocycles. The highest BCUT2D eigenvalue weighted by Crippen LogP contribution is 2.25. The van der Waals surface area contributed by atoms with Crippen molar-refractivity contribution in [3.05, 3.63) is 47.3 Å². The van der Waals surface area contributed by atoms with E-state index >= 15 is 0 Å². The minimum Gasteiger partial charge on any atom is -0.495 e. The number of carbonyl (C=O) groups is 1. The third-order valence-electron chi connectivity index (χ3n) is 5.55. The number of carbonyl (C=O) groups excluding carboxylic acids is 1. The Hall–Kier alpha value is -2.97. The van der Waals surface area contributed by atoms with Gasteiger partial charge in [-0.1, -0.05) is 0 Å². The Morgan fingerprint density at radius 1 is 1.19 bits per heavy atom. The molecule has 0 bridgehead atoms. The molecule has 1 aliphatic heterocycles. The first-order valence-electron chi connectivity index (χ1n) is 10.7. The fourth-order valence-corrected chi connectivity index (χ4v) is 3.88. The molecular formula is C23H29N5O3. The van der Waals surface area contributed by atoms with Crippen molar-refractivity contribution < 1.29 is 14.3 Å². The average molecular weight is 424 g/mol. The van der Waals surface area contributed by atoms with Gasteiger partial charge in [0.15, 0.2) is 0 Å². The molecule has 3 aromatic rings. The quantitative estimate of drug-likeness (QED) is 0.419. The lowest BCUT2D eigenvalue weighted by molar-refractivity contribution is 0.0378. The van der Waals surface area contributed by atoms with Gasteiger partial charge in [-0.3, -0.25) is 14.7 Å². The standard InChI is InChI=1S/C23H29N5O3/c1-17-4-7-22(30-2)20(25-17)15-28-21-14-18(16-29)5-6-19(21)26-23(28)24-8-3-9-27-10-12-31-13-11-27/h4-7,14,16H,3,8-13,15H2,1-2H3,(H,24,26). The molecule has 1 saturated heterocycles. The van der Waals surface area contributed by atoms with E-state index in [1.165, 1.54) is 0 Å². The molecule has 0 amide bonds. The molecule has 164 valence electrons. The number of nitrogens with zero attached hydrogens (tertiary/aromatic N) is 4. The van der Waals surface area contributed by atoms with Crippen molar-refractivity contribution in [1.29, 1.82) is 0 Å².